The first-order valence-electron chi connectivity index (χ1n) is 5.93. The molecule has 4 heteroatoms. The van der Waals surface area contributed by atoms with Crippen LogP contribution in [-0.2, 0) is 9.59 Å². The van der Waals surface area contributed by atoms with Gasteiger partial charge in [-0.1, -0.05) is 20.3 Å². The van der Waals surface area contributed by atoms with E-state index in [1.165, 1.54) is 0 Å². The van der Waals surface area contributed by atoms with Crippen molar-refractivity contribution in [3.05, 3.63) is 0 Å². The monoisotopic (exact) mass is 229 g/mol. The Bertz CT molecular complexity index is 240. The summed E-state index contributed by atoms with van der Waals surface area (Å²) in [5.41, 5.74) is 0. The molecule has 4 nitrogen and oxygen atoms in total. The Morgan fingerprint density at radius 3 is 2.12 bits per heavy atom. The number of hydrogen-bond acceptors (Lipinski definition) is 2. The zero-order valence-corrected chi connectivity index (χ0v) is 10.7. The van der Waals surface area contributed by atoms with Crippen LogP contribution in [0.1, 0.15) is 47.0 Å². The predicted molar refractivity (Wildman–Crippen MR) is 63.2 cm³/mol. The molecule has 0 rings (SSSR count). The fourth-order valence-corrected chi connectivity index (χ4v) is 1.66. The van der Waals surface area contributed by atoms with Crippen LogP contribution in [-0.4, -0.2) is 34.5 Å². The summed E-state index contributed by atoms with van der Waals surface area (Å²) in [5.74, 6) is -0.438. The fourth-order valence-electron chi connectivity index (χ4n) is 1.66. The molecule has 0 saturated carbocycles. The van der Waals surface area contributed by atoms with Crippen molar-refractivity contribution in [2.45, 2.75) is 53.0 Å². The highest BCUT2D eigenvalue weighted by molar-refractivity contribution is 5.77. The van der Waals surface area contributed by atoms with Gasteiger partial charge in [-0.2, -0.15) is 0 Å². The highest BCUT2D eigenvalue weighted by Crippen LogP contribution is 2.12. The third kappa shape index (κ3) is 5.14. The second-order valence-corrected chi connectivity index (χ2v) is 4.34. The van der Waals surface area contributed by atoms with Gasteiger partial charge < -0.3 is 10.0 Å². The van der Waals surface area contributed by atoms with Crippen molar-refractivity contribution in [2.24, 2.45) is 5.92 Å². The zero-order chi connectivity index (χ0) is 12.7. The van der Waals surface area contributed by atoms with E-state index in [2.05, 4.69) is 6.92 Å². The van der Waals surface area contributed by atoms with Crippen molar-refractivity contribution in [1.82, 2.24) is 4.90 Å². The summed E-state index contributed by atoms with van der Waals surface area (Å²) in [5, 5.41) is 8.70. The van der Waals surface area contributed by atoms with Crippen molar-refractivity contribution in [2.75, 3.05) is 6.54 Å². The Labute approximate surface area is 97.6 Å². The number of nitrogens with zero attached hydrogens (tertiary/aromatic N) is 1. The standard InChI is InChI=1S/C12H23NO3/c1-5-9(3)7-11(14)13(6-2)10(4)8-12(15)16/h9-10H,5-8H2,1-4H3,(H,15,16). The molecule has 0 spiro atoms. The third-order valence-electron chi connectivity index (χ3n) is 2.88. The van der Waals surface area contributed by atoms with Crippen LogP contribution in [0.15, 0.2) is 0 Å². The summed E-state index contributed by atoms with van der Waals surface area (Å²) in [6.45, 7) is 8.32. The third-order valence-corrected chi connectivity index (χ3v) is 2.88. The average molecular weight is 229 g/mol. The predicted octanol–water partition coefficient (Wildman–Crippen LogP) is 2.13. The van der Waals surface area contributed by atoms with Crippen molar-refractivity contribution in [1.29, 1.82) is 0 Å². The van der Waals surface area contributed by atoms with E-state index in [1.807, 2.05) is 13.8 Å². The van der Waals surface area contributed by atoms with Crippen LogP contribution in [0.2, 0.25) is 0 Å². The van der Waals surface area contributed by atoms with E-state index in [1.54, 1.807) is 11.8 Å². The zero-order valence-electron chi connectivity index (χ0n) is 10.7. The number of carbonyl (C=O) groups is 2. The number of rotatable bonds is 7. The molecule has 0 aromatic heterocycles. The van der Waals surface area contributed by atoms with E-state index in [0.717, 1.165) is 6.42 Å². The van der Waals surface area contributed by atoms with Crippen molar-refractivity contribution < 1.29 is 14.7 Å². The molecule has 0 heterocycles. The van der Waals surface area contributed by atoms with Crippen LogP contribution in [0.4, 0.5) is 0 Å². The maximum Gasteiger partial charge on any atom is 0.305 e. The highest BCUT2D eigenvalue weighted by atomic mass is 16.4. The molecule has 0 aliphatic heterocycles. The van der Waals surface area contributed by atoms with Crippen LogP contribution in [0.5, 0.6) is 0 Å². The lowest BCUT2D eigenvalue weighted by atomic mass is 10.0. The molecule has 0 aromatic carbocycles. The molecular weight excluding hydrogens is 206 g/mol. The Morgan fingerprint density at radius 1 is 1.19 bits per heavy atom. The molecule has 2 atom stereocenters. The summed E-state index contributed by atoms with van der Waals surface area (Å²) in [6, 6.07) is -0.223. The lowest BCUT2D eigenvalue weighted by Crippen LogP contribution is -2.40. The van der Waals surface area contributed by atoms with Gasteiger partial charge in [0.15, 0.2) is 0 Å². The minimum Gasteiger partial charge on any atom is -0.481 e. The Kier molecular flexibility index (Phi) is 6.77. The molecule has 1 amide bonds. The molecule has 94 valence electrons. The van der Waals surface area contributed by atoms with E-state index >= 15 is 0 Å². The number of hydrogen-bond donors (Lipinski definition) is 1. The van der Waals surface area contributed by atoms with Gasteiger partial charge in [0.1, 0.15) is 0 Å². The summed E-state index contributed by atoms with van der Waals surface area (Å²) >= 11 is 0. The van der Waals surface area contributed by atoms with Crippen LogP contribution in [0, 0.1) is 5.92 Å². The summed E-state index contributed by atoms with van der Waals surface area (Å²) < 4.78 is 0. The smallest absolute Gasteiger partial charge is 0.305 e. The van der Waals surface area contributed by atoms with Crippen LogP contribution in [0.25, 0.3) is 0 Å². The largest absolute Gasteiger partial charge is 0.481 e. The quantitative estimate of drug-likeness (QED) is 0.727. The number of carboxylic acids is 1. The Hall–Kier alpha value is -1.06. The first-order chi connectivity index (χ1) is 7.42. The number of carbonyl (C=O) groups excluding carboxylic acids is 1. The second kappa shape index (κ2) is 7.25. The molecule has 0 radical (unpaired) electrons. The molecule has 0 aliphatic rings. The SMILES string of the molecule is CCC(C)CC(=O)N(CC)C(C)CC(=O)O. The van der Waals surface area contributed by atoms with Gasteiger partial charge in [0.05, 0.1) is 6.42 Å². The van der Waals surface area contributed by atoms with Gasteiger partial charge in [-0.25, -0.2) is 0 Å². The van der Waals surface area contributed by atoms with Crippen molar-refractivity contribution >= 4 is 11.9 Å². The van der Waals surface area contributed by atoms with Gasteiger partial charge in [-0.05, 0) is 19.8 Å². The van der Waals surface area contributed by atoms with E-state index in [0.29, 0.717) is 18.9 Å². The van der Waals surface area contributed by atoms with E-state index < -0.39 is 5.97 Å². The first kappa shape index (κ1) is 14.9. The molecule has 1 N–H and O–H groups in total. The molecule has 2 unspecified atom stereocenters. The maximum atomic E-state index is 11.9. The Morgan fingerprint density at radius 2 is 1.75 bits per heavy atom. The first-order valence-corrected chi connectivity index (χ1v) is 5.93. The molecule has 0 fully saturated rings. The van der Waals surface area contributed by atoms with Gasteiger partial charge in [0.25, 0.3) is 0 Å². The number of amides is 1. The van der Waals surface area contributed by atoms with Gasteiger partial charge in [-0.3, -0.25) is 9.59 Å². The molecule has 16 heavy (non-hydrogen) atoms. The van der Waals surface area contributed by atoms with Gasteiger partial charge >= 0.3 is 5.97 Å². The van der Waals surface area contributed by atoms with Crippen LogP contribution in [0.3, 0.4) is 0 Å². The van der Waals surface area contributed by atoms with Crippen LogP contribution >= 0.6 is 0 Å². The fraction of sp³-hybridized carbons (Fsp3) is 0.833. The summed E-state index contributed by atoms with van der Waals surface area (Å²) in [4.78, 5) is 24.1. The highest BCUT2D eigenvalue weighted by Gasteiger charge is 2.21. The van der Waals surface area contributed by atoms with E-state index in [9.17, 15) is 9.59 Å². The lowest BCUT2D eigenvalue weighted by molar-refractivity contribution is -0.140. The second-order valence-electron chi connectivity index (χ2n) is 4.34. The molecule has 0 aliphatic carbocycles. The van der Waals surface area contributed by atoms with Gasteiger partial charge in [0, 0.05) is 19.0 Å². The average Bonchev–Trinajstić information content (AvgIpc) is 2.17. The number of carboxylic acid groups (broad SMARTS) is 1. The molecule has 0 saturated heterocycles. The molecular formula is C12H23NO3. The minimum absolute atomic E-state index is 0.0140. The topological polar surface area (TPSA) is 57.6 Å². The van der Waals surface area contributed by atoms with Crippen LogP contribution < -0.4 is 0 Å². The lowest BCUT2D eigenvalue weighted by Gasteiger charge is -2.28. The van der Waals surface area contributed by atoms with Crippen molar-refractivity contribution in [3.8, 4) is 0 Å². The normalized spacial score (nSPS) is 14.2. The summed E-state index contributed by atoms with van der Waals surface area (Å²) in [6.07, 6.45) is 1.49. The Balaban J connectivity index is 4.35. The van der Waals surface area contributed by atoms with Crippen molar-refractivity contribution in [3.63, 3.8) is 0 Å². The molecule has 0 bridgehead atoms. The minimum atomic E-state index is -0.859. The van der Waals surface area contributed by atoms with Gasteiger partial charge in [-0.15, -0.1) is 0 Å². The maximum absolute atomic E-state index is 11.9. The van der Waals surface area contributed by atoms with Gasteiger partial charge in [0.2, 0.25) is 5.91 Å². The van der Waals surface area contributed by atoms with E-state index in [4.69, 9.17) is 5.11 Å². The molecule has 0 aromatic rings. The van der Waals surface area contributed by atoms with E-state index in [-0.39, 0.29) is 18.4 Å². The summed E-state index contributed by atoms with van der Waals surface area (Å²) in [7, 11) is 0. The number of aliphatic carboxylic acids is 1.